The van der Waals surface area contributed by atoms with Crippen LogP contribution in [-0.4, -0.2) is 0 Å². The summed E-state index contributed by atoms with van der Waals surface area (Å²) in [6.07, 6.45) is 0. The van der Waals surface area contributed by atoms with Crippen LogP contribution >= 0.6 is 0 Å². The molecule has 0 aliphatic heterocycles. The van der Waals surface area contributed by atoms with Crippen molar-refractivity contribution in [3.63, 3.8) is 0 Å². The Hall–Kier alpha value is 0.408. The molecule has 0 radical (unpaired) electrons. The van der Waals surface area contributed by atoms with Gasteiger partial charge in [-0.3, -0.25) is 18.8 Å². The van der Waals surface area contributed by atoms with Gasteiger partial charge in [0, 0.05) is 21.1 Å². The summed E-state index contributed by atoms with van der Waals surface area (Å²) in [4.78, 5) is 0. The maximum atomic E-state index is 0. The van der Waals surface area contributed by atoms with Gasteiger partial charge in [-0.05, 0) is 0 Å². The molecule has 0 saturated carbocycles. The average Bonchev–Trinajstić information content (AvgIpc) is 0. The molecule has 0 spiro atoms. The molecule has 0 heterocycles. The fourth-order valence-corrected chi connectivity index (χ4v) is 0. The van der Waals surface area contributed by atoms with E-state index in [0.717, 1.165) is 0 Å². The van der Waals surface area contributed by atoms with Crippen molar-refractivity contribution in [2.24, 2.45) is 0 Å². The average molecular weight is 275 g/mol. The monoisotopic (exact) mass is 275 g/mol. The Balaban J connectivity index is 0. The molecule has 0 N–H and O–H groups in total. The maximum absolute atomic E-state index is 0. The first-order chi connectivity index (χ1) is 0. The van der Waals surface area contributed by atoms with Gasteiger partial charge in [0.05, 0.1) is 0 Å². The Morgan fingerprint density at radius 1 is 0.400 bits per heavy atom. The second-order valence-corrected chi connectivity index (χ2v) is 0. The van der Waals surface area contributed by atoms with Gasteiger partial charge in [0.2, 0.25) is 0 Å². The van der Waals surface area contributed by atoms with Crippen LogP contribution in [0.5, 0.6) is 0 Å². The third-order valence-electron chi connectivity index (χ3n) is 0. The number of halogens is 4. The summed E-state index contributed by atoms with van der Waals surface area (Å²) in [5.74, 6) is 0. The molecule has 0 bridgehead atoms. The second-order valence-electron chi connectivity index (χ2n) is 0. The zero-order chi connectivity index (χ0) is 0. The van der Waals surface area contributed by atoms with E-state index in [1.165, 1.54) is 0 Å². The first-order valence-electron chi connectivity index (χ1n) is 0. The molecule has 0 nitrogen and oxygen atoms in total. The zero-order valence-electron chi connectivity index (χ0n) is 1.95. The van der Waals surface area contributed by atoms with Crippen molar-refractivity contribution in [1.29, 1.82) is 0 Å². The molecule has 5 heavy (non-hydrogen) atoms. The molecule has 0 unspecified atom stereocenters. The molecular formula is H4F4Pt. The predicted octanol–water partition coefficient (Wildman–Crippen LogP) is 0.607. The first-order valence-corrected chi connectivity index (χ1v) is 0. The Labute approximate surface area is 40.7 Å². The van der Waals surface area contributed by atoms with Gasteiger partial charge in [0.15, 0.2) is 0 Å². The molecule has 0 aromatic rings. The fourth-order valence-electron chi connectivity index (χ4n) is 0. The summed E-state index contributed by atoms with van der Waals surface area (Å²) in [6, 6.07) is 0. The van der Waals surface area contributed by atoms with Crippen LogP contribution in [0.2, 0.25) is 0 Å². The Morgan fingerprint density at radius 2 is 0.400 bits per heavy atom. The topological polar surface area (TPSA) is 0 Å². The van der Waals surface area contributed by atoms with Crippen molar-refractivity contribution < 1.29 is 39.9 Å². The van der Waals surface area contributed by atoms with Crippen LogP contribution < -0.4 is 0 Å². The van der Waals surface area contributed by atoms with Gasteiger partial charge in [-0.1, -0.05) is 0 Å². The summed E-state index contributed by atoms with van der Waals surface area (Å²) < 4.78 is 0. The second kappa shape index (κ2) is 307. The van der Waals surface area contributed by atoms with Crippen molar-refractivity contribution in [3.05, 3.63) is 0 Å². The Kier molecular flexibility index (Phi) is 38700. The minimum atomic E-state index is 0. The van der Waals surface area contributed by atoms with Gasteiger partial charge in [-0.15, -0.1) is 0 Å². The first kappa shape index (κ1) is 630. The van der Waals surface area contributed by atoms with Crippen LogP contribution in [0.25, 0.3) is 0 Å². The van der Waals surface area contributed by atoms with Gasteiger partial charge in [-0.2, -0.15) is 0 Å². The van der Waals surface area contributed by atoms with Crippen molar-refractivity contribution in [1.82, 2.24) is 0 Å². The number of hydrogen-bond acceptors (Lipinski definition) is 0. The van der Waals surface area contributed by atoms with Crippen molar-refractivity contribution in [3.8, 4) is 0 Å². The van der Waals surface area contributed by atoms with E-state index in [2.05, 4.69) is 0 Å². The maximum Gasteiger partial charge on any atom is 0 e. The van der Waals surface area contributed by atoms with Crippen LogP contribution in [-0.2, 0) is 21.1 Å². The standard InChI is InChI=1S/4FH.Pt/h4*1H;. The molecule has 0 rings (SSSR count). The summed E-state index contributed by atoms with van der Waals surface area (Å²) >= 11 is 0. The van der Waals surface area contributed by atoms with E-state index in [-0.39, 0.29) is 39.9 Å². The summed E-state index contributed by atoms with van der Waals surface area (Å²) in [6.45, 7) is 0. The summed E-state index contributed by atoms with van der Waals surface area (Å²) in [5.41, 5.74) is 0. The normalized spacial score (nSPS) is 0. The van der Waals surface area contributed by atoms with Gasteiger partial charge in [0.1, 0.15) is 0 Å². The number of rotatable bonds is 0. The van der Waals surface area contributed by atoms with Crippen LogP contribution in [0.4, 0.5) is 18.8 Å². The minimum Gasteiger partial charge on any atom is -0.269 e. The van der Waals surface area contributed by atoms with Crippen molar-refractivity contribution in [2.75, 3.05) is 0 Å². The van der Waals surface area contributed by atoms with E-state index in [1.807, 2.05) is 0 Å². The Bertz CT molecular complexity index is 3.61. The Morgan fingerprint density at radius 3 is 0.400 bits per heavy atom. The van der Waals surface area contributed by atoms with E-state index in [4.69, 9.17) is 0 Å². The fraction of sp³-hybridized carbons (Fsp3) is 0. The van der Waals surface area contributed by atoms with E-state index < -0.39 is 0 Å². The van der Waals surface area contributed by atoms with Gasteiger partial charge < -0.3 is 0 Å². The van der Waals surface area contributed by atoms with Crippen LogP contribution in [0, 0.1) is 0 Å². The van der Waals surface area contributed by atoms with Crippen molar-refractivity contribution >= 4 is 0 Å². The smallest absolute Gasteiger partial charge is 0 e. The molecule has 0 atom stereocenters. The quantitative estimate of drug-likeness (QED) is 0.568. The number of hydrogen-bond donors (Lipinski definition) is 0. The van der Waals surface area contributed by atoms with E-state index in [9.17, 15) is 0 Å². The van der Waals surface area contributed by atoms with E-state index >= 15 is 0 Å². The van der Waals surface area contributed by atoms with E-state index in [1.54, 1.807) is 0 Å². The van der Waals surface area contributed by atoms with Crippen LogP contribution in [0.1, 0.15) is 0 Å². The van der Waals surface area contributed by atoms with Crippen LogP contribution in [0.15, 0.2) is 0 Å². The van der Waals surface area contributed by atoms with Gasteiger partial charge >= 0.3 is 0 Å². The molecule has 0 amide bonds. The molecule has 0 aliphatic rings. The zero-order valence-corrected chi connectivity index (χ0v) is 4.22. The SMILES string of the molecule is F.F.F.F.[Pt]. The molecule has 5 heteroatoms. The van der Waals surface area contributed by atoms with Gasteiger partial charge in [0.25, 0.3) is 0 Å². The van der Waals surface area contributed by atoms with Crippen LogP contribution in [0.3, 0.4) is 0 Å². The van der Waals surface area contributed by atoms with E-state index in [0.29, 0.717) is 0 Å². The molecule has 0 fully saturated rings. The third-order valence-corrected chi connectivity index (χ3v) is 0. The van der Waals surface area contributed by atoms with Crippen molar-refractivity contribution in [2.45, 2.75) is 0 Å². The molecular weight excluding hydrogens is 271 g/mol. The minimum absolute atomic E-state index is 0. The molecule has 42 valence electrons. The molecule has 0 aromatic heterocycles. The molecule has 0 saturated heterocycles. The molecule has 0 aliphatic carbocycles. The largest absolute Gasteiger partial charge is 0.269 e. The van der Waals surface area contributed by atoms with Gasteiger partial charge in [-0.25, -0.2) is 0 Å². The summed E-state index contributed by atoms with van der Waals surface area (Å²) in [5, 5.41) is 0. The summed E-state index contributed by atoms with van der Waals surface area (Å²) in [7, 11) is 0. The predicted molar refractivity (Wildman–Crippen MR) is 10.0 cm³/mol. The third kappa shape index (κ3) is 153. The molecule has 0 aromatic carbocycles.